The topological polar surface area (TPSA) is 65.5 Å². The molecule has 2 saturated heterocycles. The van der Waals surface area contributed by atoms with Gasteiger partial charge in [0.2, 0.25) is 5.91 Å². The summed E-state index contributed by atoms with van der Waals surface area (Å²) >= 11 is 0. The van der Waals surface area contributed by atoms with Crippen molar-refractivity contribution in [2.45, 2.75) is 38.1 Å². The maximum atomic E-state index is 12.8. The second-order valence-corrected chi connectivity index (χ2v) is 6.05. The van der Waals surface area contributed by atoms with Crippen molar-refractivity contribution in [1.29, 1.82) is 0 Å². The summed E-state index contributed by atoms with van der Waals surface area (Å²) in [5.41, 5.74) is 0. The van der Waals surface area contributed by atoms with E-state index in [1.165, 1.54) is 12.1 Å². The van der Waals surface area contributed by atoms with Crippen LogP contribution in [-0.2, 0) is 4.79 Å². The zero-order chi connectivity index (χ0) is 16.2. The standard InChI is InChI=1S/C16H21FN4O2/c17-12-4-5-14(18-11-12)19-16(23)20-9-6-13(7-10-20)21-8-2-1-3-15(21)22/h4-5,11,13H,1-3,6-10H2,(H,18,19,23). The molecule has 0 aliphatic carbocycles. The van der Waals surface area contributed by atoms with Gasteiger partial charge in [0.05, 0.1) is 6.20 Å². The molecule has 0 saturated carbocycles. The first-order chi connectivity index (χ1) is 11.1. The molecule has 6 nitrogen and oxygen atoms in total. The Hall–Kier alpha value is -2.18. The molecule has 0 spiro atoms. The van der Waals surface area contributed by atoms with Crippen LogP contribution in [0.3, 0.4) is 0 Å². The van der Waals surface area contributed by atoms with Crippen LogP contribution in [0.5, 0.6) is 0 Å². The lowest BCUT2D eigenvalue weighted by molar-refractivity contribution is -0.136. The smallest absolute Gasteiger partial charge is 0.323 e. The van der Waals surface area contributed by atoms with Crippen LogP contribution in [0.2, 0.25) is 0 Å². The Kier molecular flexibility index (Phi) is 4.73. The molecule has 2 fully saturated rings. The van der Waals surface area contributed by atoms with Gasteiger partial charge < -0.3 is 9.80 Å². The molecule has 3 rings (SSSR count). The zero-order valence-corrected chi connectivity index (χ0v) is 13.0. The first-order valence-corrected chi connectivity index (χ1v) is 8.10. The highest BCUT2D eigenvalue weighted by Crippen LogP contribution is 2.22. The minimum Gasteiger partial charge on any atom is -0.340 e. The van der Waals surface area contributed by atoms with Crippen LogP contribution in [0.15, 0.2) is 18.3 Å². The zero-order valence-electron chi connectivity index (χ0n) is 13.0. The predicted octanol–water partition coefficient (Wildman–Crippen LogP) is 2.23. The number of likely N-dealkylation sites (tertiary alicyclic amines) is 2. The van der Waals surface area contributed by atoms with Gasteiger partial charge in [-0.1, -0.05) is 0 Å². The van der Waals surface area contributed by atoms with Crippen LogP contribution in [0.1, 0.15) is 32.1 Å². The Bertz CT molecular complexity index is 570. The van der Waals surface area contributed by atoms with Crippen molar-refractivity contribution in [2.75, 3.05) is 25.0 Å². The molecule has 2 aliphatic rings. The van der Waals surface area contributed by atoms with Gasteiger partial charge >= 0.3 is 6.03 Å². The summed E-state index contributed by atoms with van der Waals surface area (Å²) < 4.78 is 12.8. The van der Waals surface area contributed by atoms with E-state index in [1.807, 2.05) is 4.90 Å². The van der Waals surface area contributed by atoms with E-state index in [4.69, 9.17) is 0 Å². The minimum absolute atomic E-state index is 0.229. The number of nitrogens with zero attached hydrogens (tertiary/aromatic N) is 3. The summed E-state index contributed by atoms with van der Waals surface area (Å²) in [6.07, 6.45) is 5.39. The minimum atomic E-state index is -0.435. The Balaban J connectivity index is 1.51. The molecule has 0 aromatic carbocycles. The monoisotopic (exact) mass is 320 g/mol. The van der Waals surface area contributed by atoms with Gasteiger partial charge in [0, 0.05) is 32.1 Å². The number of aromatic nitrogens is 1. The molecule has 124 valence electrons. The van der Waals surface area contributed by atoms with Gasteiger partial charge in [0.25, 0.3) is 0 Å². The number of piperidine rings is 2. The van der Waals surface area contributed by atoms with Crippen molar-refractivity contribution >= 4 is 17.8 Å². The molecule has 2 aliphatic heterocycles. The number of amides is 3. The molecule has 0 bridgehead atoms. The average molecular weight is 320 g/mol. The lowest BCUT2D eigenvalue weighted by atomic mass is 10.00. The van der Waals surface area contributed by atoms with Crippen molar-refractivity contribution in [3.8, 4) is 0 Å². The number of anilines is 1. The Morgan fingerprint density at radius 2 is 2.00 bits per heavy atom. The molecule has 7 heteroatoms. The summed E-state index contributed by atoms with van der Waals surface area (Å²) in [4.78, 5) is 31.7. The molecule has 1 aromatic rings. The second kappa shape index (κ2) is 6.93. The van der Waals surface area contributed by atoms with Crippen LogP contribution in [0.4, 0.5) is 15.0 Å². The highest BCUT2D eigenvalue weighted by atomic mass is 19.1. The SMILES string of the molecule is O=C(Nc1ccc(F)cn1)N1CCC(N2CCCCC2=O)CC1. The molecule has 1 aromatic heterocycles. The van der Waals surface area contributed by atoms with Gasteiger partial charge in [-0.05, 0) is 37.8 Å². The number of nitrogens with one attached hydrogen (secondary N) is 1. The van der Waals surface area contributed by atoms with Crippen molar-refractivity contribution < 1.29 is 14.0 Å². The molecular formula is C16H21FN4O2. The van der Waals surface area contributed by atoms with Crippen LogP contribution in [0.25, 0.3) is 0 Å². The van der Waals surface area contributed by atoms with E-state index in [1.54, 1.807) is 4.90 Å². The van der Waals surface area contributed by atoms with Gasteiger partial charge in [-0.25, -0.2) is 14.2 Å². The second-order valence-electron chi connectivity index (χ2n) is 6.05. The highest BCUT2D eigenvalue weighted by molar-refractivity contribution is 5.88. The summed E-state index contributed by atoms with van der Waals surface area (Å²) in [5.74, 6) is 0.148. The number of hydrogen-bond donors (Lipinski definition) is 1. The number of urea groups is 1. The molecule has 0 unspecified atom stereocenters. The number of rotatable bonds is 2. The normalized spacial score (nSPS) is 19.8. The van der Waals surface area contributed by atoms with Crippen molar-refractivity contribution in [1.82, 2.24) is 14.8 Å². The van der Waals surface area contributed by atoms with Crippen molar-refractivity contribution in [3.05, 3.63) is 24.1 Å². The van der Waals surface area contributed by atoms with Gasteiger partial charge in [0.15, 0.2) is 0 Å². The fraction of sp³-hybridized carbons (Fsp3) is 0.562. The van der Waals surface area contributed by atoms with Gasteiger partial charge in [-0.15, -0.1) is 0 Å². The summed E-state index contributed by atoms with van der Waals surface area (Å²) in [7, 11) is 0. The lowest BCUT2D eigenvalue weighted by Crippen LogP contribution is -2.50. The largest absolute Gasteiger partial charge is 0.340 e. The third-order valence-corrected chi connectivity index (χ3v) is 4.51. The molecule has 3 amide bonds. The van der Waals surface area contributed by atoms with E-state index in [0.29, 0.717) is 25.3 Å². The fourth-order valence-corrected chi connectivity index (χ4v) is 3.23. The maximum Gasteiger partial charge on any atom is 0.323 e. The van der Waals surface area contributed by atoms with E-state index in [9.17, 15) is 14.0 Å². The first kappa shape index (κ1) is 15.7. The van der Waals surface area contributed by atoms with Crippen LogP contribution < -0.4 is 5.32 Å². The number of hydrogen-bond acceptors (Lipinski definition) is 3. The van der Waals surface area contributed by atoms with Crippen molar-refractivity contribution in [3.63, 3.8) is 0 Å². The molecule has 3 heterocycles. The molecular weight excluding hydrogens is 299 g/mol. The summed E-state index contributed by atoms with van der Waals surface area (Å²) in [6.45, 7) is 2.07. The first-order valence-electron chi connectivity index (χ1n) is 8.10. The van der Waals surface area contributed by atoms with E-state index in [-0.39, 0.29) is 18.0 Å². The fourth-order valence-electron chi connectivity index (χ4n) is 3.23. The Labute approximate surface area is 134 Å². The summed E-state index contributed by atoms with van der Waals surface area (Å²) in [5, 5.41) is 2.67. The number of carbonyl (C=O) groups excluding carboxylic acids is 2. The molecule has 0 radical (unpaired) electrons. The molecule has 23 heavy (non-hydrogen) atoms. The Morgan fingerprint density at radius 1 is 1.22 bits per heavy atom. The van der Waals surface area contributed by atoms with E-state index >= 15 is 0 Å². The lowest BCUT2D eigenvalue weighted by Gasteiger charge is -2.40. The van der Waals surface area contributed by atoms with E-state index in [2.05, 4.69) is 10.3 Å². The molecule has 0 atom stereocenters. The van der Waals surface area contributed by atoms with Gasteiger partial charge in [0.1, 0.15) is 11.6 Å². The maximum absolute atomic E-state index is 12.8. The predicted molar refractivity (Wildman–Crippen MR) is 83.4 cm³/mol. The third-order valence-electron chi connectivity index (χ3n) is 4.51. The number of carbonyl (C=O) groups is 2. The van der Waals surface area contributed by atoms with E-state index < -0.39 is 5.82 Å². The Morgan fingerprint density at radius 3 is 2.65 bits per heavy atom. The van der Waals surface area contributed by atoms with Crippen LogP contribution >= 0.6 is 0 Å². The van der Waals surface area contributed by atoms with Crippen molar-refractivity contribution in [2.24, 2.45) is 0 Å². The van der Waals surface area contributed by atoms with E-state index in [0.717, 1.165) is 38.4 Å². The van der Waals surface area contributed by atoms with Crippen LogP contribution in [-0.4, -0.2) is 52.4 Å². The molecule has 1 N–H and O–H groups in total. The number of halogens is 1. The summed E-state index contributed by atoms with van der Waals surface area (Å²) in [6, 6.07) is 2.71. The quantitative estimate of drug-likeness (QED) is 0.909. The van der Waals surface area contributed by atoms with Gasteiger partial charge in [-0.3, -0.25) is 10.1 Å². The third kappa shape index (κ3) is 3.78. The van der Waals surface area contributed by atoms with Crippen LogP contribution in [0, 0.1) is 5.82 Å². The highest BCUT2D eigenvalue weighted by Gasteiger charge is 2.30. The van der Waals surface area contributed by atoms with Gasteiger partial charge in [-0.2, -0.15) is 0 Å². The number of pyridine rings is 1. The average Bonchev–Trinajstić information content (AvgIpc) is 2.57.